The molecule has 4 heteroatoms. The molecule has 0 saturated carbocycles. The molecular weight excluding hydrogens is 204 g/mol. The molecule has 1 aromatic carbocycles. The average Bonchev–Trinajstić information content (AvgIpc) is 2.53. The maximum Gasteiger partial charge on any atom is 0.225 e. The summed E-state index contributed by atoms with van der Waals surface area (Å²) in [5, 5.41) is 9.90. The van der Waals surface area contributed by atoms with Crippen LogP contribution in [0.2, 0.25) is 0 Å². The monoisotopic (exact) mass is 220 g/mol. The highest BCUT2D eigenvalue weighted by Crippen LogP contribution is 2.33. The molecule has 2 rings (SSSR count). The molecule has 0 bridgehead atoms. The van der Waals surface area contributed by atoms with Crippen LogP contribution in [0.25, 0.3) is 0 Å². The number of carbonyl (C=O) groups excluding carboxylic acids is 1. The summed E-state index contributed by atoms with van der Waals surface area (Å²) in [4.78, 5) is 13.1. The van der Waals surface area contributed by atoms with Gasteiger partial charge in [0.1, 0.15) is 0 Å². The van der Waals surface area contributed by atoms with Crippen LogP contribution < -0.4 is 5.73 Å². The molecule has 86 valence electrons. The largest absolute Gasteiger partial charge is 0.390 e. The fourth-order valence-electron chi connectivity index (χ4n) is 2.27. The Morgan fingerprint density at radius 1 is 1.50 bits per heavy atom. The maximum atomic E-state index is 11.5. The summed E-state index contributed by atoms with van der Waals surface area (Å²) in [6, 6.07) is 7.41. The molecule has 1 amide bonds. The Morgan fingerprint density at radius 3 is 2.75 bits per heavy atom. The highest BCUT2D eigenvalue weighted by Gasteiger charge is 2.37. The molecule has 0 aliphatic carbocycles. The van der Waals surface area contributed by atoms with E-state index in [9.17, 15) is 9.90 Å². The Labute approximate surface area is 94.7 Å². The molecule has 1 aliphatic rings. The summed E-state index contributed by atoms with van der Waals surface area (Å²) in [7, 11) is 1.72. The molecule has 4 nitrogen and oxygen atoms in total. The quantitative estimate of drug-likeness (QED) is 0.758. The highest BCUT2D eigenvalue weighted by atomic mass is 16.3. The summed E-state index contributed by atoms with van der Waals surface area (Å²) in [5.74, 6) is -0.0238. The first-order valence-electron chi connectivity index (χ1n) is 5.36. The van der Waals surface area contributed by atoms with Crippen molar-refractivity contribution in [3.8, 4) is 0 Å². The van der Waals surface area contributed by atoms with E-state index in [1.807, 2.05) is 24.3 Å². The van der Waals surface area contributed by atoms with E-state index >= 15 is 0 Å². The Kier molecular flexibility index (Phi) is 2.94. The first kappa shape index (κ1) is 11.1. The van der Waals surface area contributed by atoms with E-state index in [2.05, 4.69) is 0 Å². The lowest BCUT2D eigenvalue weighted by molar-refractivity contribution is -0.127. The smallest absolute Gasteiger partial charge is 0.225 e. The minimum Gasteiger partial charge on any atom is -0.390 e. The van der Waals surface area contributed by atoms with Crippen LogP contribution in [0.4, 0.5) is 0 Å². The van der Waals surface area contributed by atoms with Gasteiger partial charge in [0.25, 0.3) is 0 Å². The molecule has 1 aliphatic heterocycles. The summed E-state index contributed by atoms with van der Waals surface area (Å²) in [6.07, 6.45) is -0.440. The zero-order valence-electron chi connectivity index (χ0n) is 9.26. The van der Waals surface area contributed by atoms with Crippen molar-refractivity contribution < 1.29 is 9.90 Å². The number of likely N-dealkylation sites (N-methyl/N-ethyl adjacent to an activating group) is 1. The number of carbonyl (C=O) groups is 1. The van der Waals surface area contributed by atoms with E-state index < -0.39 is 6.10 Å². The average molecular weight is 220 g/mol. The molecule has 1 saturated heterocycles. The number of rotatable bonds is 2. The van der Waals surface area contributed by atoms with E-state index in [4.69, 9.17) is 5.73 Å². The van der Waals surface area contributed by atoms with Crippen LogP contribution in [-0.4, -0.2) is 29.1 Å². The second-order valence-electron chi connectivity index (χ2n) is 4.12. The van der Waals surface area contributed by atoms with Gasteiger partial charge in [0.05, 0.1) is 18.6 Å². The van der Waals surface area contributed by atoms with Gasteiger partial charge in [-0.3, -0.25) is 4.79 Å². The Hall–Kier alpha value is -1.39. The van der Waals surface area contributed by atoms with Gasteiger partial charge in [0, 0.05) is 13.6 Å². The van der Waals surface area contributed by atoms with Crippen LogP contribution in [0, 0.1) is 0 Å². The molecule has 0 spiro atoms. The SMILES string of the molecule is CN1C(=O)CC(O)C1c1ccccc1CN. The standard InChI is InChI=1S/C12H16N2O2/c1-14-11(16)6-10(15)12(14)9-5-3-2-4-8(9)7-13/h2-5,10,12,15H,6-7,13H2,1H3. The van der Waals surface area contributed by atoms with Crippen molar-refractivity contribution >= 4 is 5.91 Å². The third-order valence-electron chi connectivity index (χ3n) is 3.15. The second-order valence-corrected chi connectivity index (χ2v) is 4.12. The lowest BCUT2D eigenvalue weighted by atomic mass is 9.97. The number of hydrogen-bond donors (Lipinski definition) is 2. The van der Waals surface area contributed by atoms with Crippen LogP contribution in [0.15, 0.2) is 24.3 Å². The van der Waals surface area contributed by atoms with Gasteiger partial charge in [-0.2, -0.15) is 0 Å². The number of hydrogen-bond acceptors (Lipinski definition) is 3. The van der Waals surface area contributed by atoms with Gasteiger partial charge in [0.2, 0.25) is 5.91 Å². The van der Waals surface area contributed by atoms with Gasteiger partial charge in [-0.05, 0) is 11.1 Å². The summed E-state index contributed by atoms with van der Waals surface area (Å²) < 4.78 is 0. The highest BCUT2D eigenvalue weighted by molar-refractivity contribution is 5.79. The minimum absolute atomic E-state index is 0.0238. The normalized spacial score (nSPS) is 25.2. The predicted molar refractivity (Wildman–Crippen MR) is 60.5 cm³/mol. The maximum absolute atomic E-state index is 11.5. The molecule has 2 atom stereocenters. The van der Waals surface area contributed by atoms with E-state index in [1.54, 1.807) is 11.9 Å². The van der Waals surface area contributed by atoms with Gasteiger partial charge in [-0.25, -0.2) is 0 Å². The van der Waals surface area contributed by atoms with E-state index in [0.717, 1.165) is 11.1 Å². The van der Waals surface area contributed by atoms with Crippen molar-refractivity contribution in [3.05, 3.63) is 35.4 Å². The Balaban J connectivity index is 2.40. The van der Waals surface area contributed by atoms with Crippen LogP contribution in [0.5, 0.6) is 0 Å². The summed E-state index contributed by atoms with van der Waals surface area (Å²) in [6.45, 7) is 0.418. The molecule has 3 N–H and O–H groups in total. The van der Waals surface area contributed by atoms with Crippen molar-refractivity contribution in [2.75, 3.05) is 7.05 Å². The first-order valence-corrected chi connectivity index (χ1v) is 5.36. The summed E-state index contributed by atoms with van der Waals surface area (Å²) in [5.41, 5.74) is 7.59. The van der Waals surface area contributed by atoms with Crippen molar-refractivity contribution in [2.45, 2.75) is 25.1 Å². The fourth-order valence-corrected chi connectivity index (χ4v) is 2.27. The lowest BCUT2D eigenvalue weighted by Gasteiger charge is -2.24. The number of benzene rings is 1. The topological polar surface area (TPSA) is 66.6 Å². The minimum atomic E-state index is -0.634. The van der Waals surface area contributed by atoms with Gasteiger partial charge in [-0.1, -0.05) is 24.3 Å². The number of nitrogens with two attached hydrogens (primary N) is 1. The number of aliphatic hydroxyl groups excluding tert-OH is 1. The molecule has 1 heterocycles. The van der Waals surface area contributed by atoms with E-state index in [-0.39, 0.29) is 18.4 Å². The van der Waals surface area contributed by atoms with E-state index in [1.165, 1.54) is 0 Å². The molecule has 16 heavy (non-hydrogen) atoms. The van der Waals surface area contributed by atoms with Crippen molar-refractivity contribution in [1.29, 1.82) is 0 Å². The van der Waals surface area contributed by atoms with Gasteiger partial charge in [0.15, 0.2) is 0 Å². The third kappa shape index (κ3) is 1.70. The zero-order valence-corrected chi connectivity index (χ0v) is 9.26. The Bertz CT molecular complexity index is 406. The third-order valence-corrected chi connectivity index (χ3v) is 3.15. The number of aliphatic hydroxyl groups is 1. The van der Waals surface area contributed by atoms with Crippen LogP contribution in [-0.2, 0) is 11.3 Å². The predicted octanol–water partition coefficient (Wildman–Crippen LogP) is 0.409. The fraction of sp³-hybridized carbons (Fsp3) is 0.417. The molecule has 0 radical (unpaired) electrons. The van der Waals surface area contributed by atoms with Crippen LogP contribution >= 0.6 is 0 Å². The zero-order chi connectivity index (χ0) is 11.7. The number of likely N-dealkylation sites (tertiary alicyclic amines) is 1. The summed E-state index contributed by atoms with van der Waals surface area (Å²) >= 11 is 0. The molecule has 2 unspecified atom stereocenters. The van der Waals surface area contributed by atoms with Crippen molar-refractivity contribution in [1.82, 2.24) is 4.90 Å². The second kappa shape index (κ2) is 4.23. The number of amides is 1. The van der Waals surface area contributed by atoms with E-state index in [0.29, 0.717) is 6.54 Å². The van der Waals surface area contributed by atoms with Gasteiger partial charge >= 0.3 is 0 Å². The van der Waals surface area contributed by atoms with Crippen LogP contribution in [0.1, 0.15) is 23.6 Å². The lowest BCUT2D eigenvalue weighted by Crippen LogP contribution is -2.27. The number of nitrogens with zero attached hydrogens (tertiary/aromatic N) is 1. The molecular formula is C12H16N2O2. The van der Waals surface area contributed by atoms with Crippen LogP contribution in [0.3, 0.4) is 0 Å². The molecule has 0 aromatic heterocycles. The van der Waals surface area contributed by atoms with Gasteiger partial charge in [-0.15, -0.1) is 0 Å². The Morgan fingerprint density at radius 2 is 2.19 bits per heavy atom. The molecule has 1 fully saturated rings. The molecule has 1 aromatic rings. The van der Waals surface area contributed by atoms with Gasteiger partial charge < -0.3 is 15.7 Å². The first-order chi connectivity index (χ1) is 7.65. The van der Waals surface area contributed by atoms with Crippen molar-refractivity contribution in [2.24, 2.45) is 5.73 Å². The van der Waals surface area contributed by atoms with Crippen molar-refractivity contribution in [3.63, 3.8) is 0 Å².